The number of nitrogens with zero attached hydrogens (tertiary/aromatic N) is 1. The number of rotatable bonds is 4. The minimum Gasteiger partial charge on any atom is -0.270 e. The lowest BCUT2D eigenvalue weighted by atomic mass is 10.1. The van der Waals surface area contributed by atoms with Crippen molar-refractivity contribution >= 4 is 28.5 Å². The molecule has 0 aromatic heterocycles. The van der Waals surface area contributed by atoms with E-state index in [1.165, 1.54) is 4.53 Å². The number of hydrazine groups is 1. The van der Waals surface area contributed by atoms with E-state index in [0.29, 0.717) is 12.1 Å². The van der Waals surface area contributed by atoms with E-state index in [1.807, 2.05) is 42.5 Å². The number of hydrogen-bond acceptors (Lipinski definition) is 2. The summed E-state index contributed by atoms with van der Waals surface area (Å²) >= 11 is 6.16. The Hall–Kier alpha value is -2.36. The molecule has 0 aliphatic carbocycles. The number of carbonyl (C=O) groups is 1. The Morgan fingerprint density at radius 3 is 2.41 bits per heavy atom. The summed E-state index contributed by atoms with van der Waals surface area (Å²) in [6.07, 6.45) is 0. The molecule has 0 saturated heterocycles. The quantitative estimate of drug-likeness (QED) is 0.580. The van der Waals surface area contributed by atoms with Crippen LogP contribution in [0.15, 0.2) is 72.8 Å². The highest BCUT2D eigenvalue weighted by Gasteiger charge is 2.10. The zero-order chi connectivity index (χ0) is 15.4. The summed E-state index contributed by atoms with van der Waals surface area (Å²) in [4.78, 5) is 12.1. The highest BCUT2D eigenvalue weighted by atomic mass is 35.5. The van der Waals surface area contributed by atoms with E-state index in [-0.39, 0.29) is 5.91 Å². The maximum Gasteiger partial charge on any atom is 0.266 e. The molecule has 3 nitrogen and oxygen atoms in total. The summed E-state index contributed by atoms with van der Waals surface area (Å²) in [7, 11) is 0. The fourth-order valence-electron chi connectivity index (χ4n) is 2.38. The van der Waals surface area contributed by atoms with Crippen LogP contribution in [0.3, 0.4) is 0 Å². The van der Waals surface area contributed by atoms with Crippen LogP contribution in [0.4, 0.5) is 0 Å². The number of fused-ring (bicyclic) bond motifs is 1. The largest absolute Gasteiger partial charge is 0.270 e. The van der Waals surface area contributed by atoms with Crippen LogP contribution in [0.1, 0.15) is 15.9 Å². The van der Waals surface area contributed by atoms with Crippen molar-refractivity contribution < 1.29 is 4.79 Å². The zero-order valence-electron chi connectivity index (χ0n) is 11.9. The van der Waals surface area contributed by atoms with Crippen molar-refractivity contribution in [1.29, 1.82) is 0 Å². The Balaban J connectivity index is 1.74. The van der Waals surface area contributed by atoms with Gasteiger partial charge in [0.05, 0.1) is 6.54 Å². The van der Waals surface area contributed by atoms with Crippen molar-refractivity contribution in [3.05, 3.63) is 83.9 Å². The van der Waals surface area contributed by atoms with Gasteiger partial charge in [0.25, 0.3) is 5.91 Å². The molecule has 0 aliphatic heterocycles. The van der Waals surface area contributed by atoms with Gasteiger partial charge in [0.2, 0.25) is 0 Å². The predicted octanol–water partition coefficient (Wildman–Crippen LogP) is 4.14. The van der Waals surface area contributed by atoms with Crippen molar-refractivity contribution in [3.63, 3.8) is 0 Å². The molecular formula is C18H15ClN2O. The van der Waals surface area contributed by atoms with E-state index in [9.17, 15) is 4.79 Å². The summed E-state index contributed by atoms with van der Waals surface area (Å²) in [6, 6.07) is 23.1. The maximum absolute atomic E-state index is 12.1. The van der Waals surface area contributed by atoms with Crippen molar-refractivity contribution in [3.8, 4) is 0 Å². The standard InChI is InChI=1S/C18H15ClN2O/c19-21(20-18(22)15-8-2-1-3-9-15)13-16-11-6-10-14-7-4-5-12-17(14)16/h1-12H,13H2,(H,20,22). The second-order valence-corrected chi connectivity index (χ2v) is 5.37. The third kappa shape index (κ3) is 3.27. The molecule has 3 aromatic carbocycles. The van der Waals surface area contributed by atoms with Gasteiger partial charge in [-0.15, -0.1) is 4.53 Å². The molecule has 0 saturated carbocycles. The van der Waals surface area contributed by atoms with Gasteiger partial charge >= 0.3 is 0 Å². The third-order valence-corrected chi connectivity index (χ3v) is 3.65. The van der Waals surface area contributed by atoms with E-state index in [4.69, 9.17) is 11.8 Å². The minimum atomic E-state index is -0.226. The molecular weight excluding hydrogens is 296 g/mol. The monoisotopic (exact) mass is 310 g/mol. The second-order valence-electron chi connectivity index (χ2n) is 4.97. The average Bonchev–Trinajstić information content (AvgIpc) is 2.56. The first-order valence-electron chi connectivity index (χ1n) is 7.00. The molecule has 1 N–H and O–H groups in total. The maximum atomic E-state index is 12.1. The Morgan fingerprint density at radius 1 is 0.909 bits per heavy atom. The van der Waals surface area contributed by atoms with Gasteiger partial charge in [0.15, 0.2) is 0 Å². The summed E-state index contributed by atoms with van der Waals surface area (Å²) in [5.41, 5.74) is 4.30. The smallest absolute Gasteiger partial charge is 0.266 e. The molecule has 0 fully saturated rings. The van der Waals surface area contributed by atoms with E-state index < -0.39 is 0 Å². The zero-order valence-corrected chi connectivity index (χ0v) is 12.6. The molecule has 0 atom stereocenters. The number of halogens is 1. The van der Waals surface area contributed by atoms with E-state index in [1.54, 1.807) is 12.1 Å². The van der Waals surface area contributed by atoms with Crippen LogP contribution in [0.25, 0.3) is 10.8 Å². The topological polar surface area (TPSA) is 32.3 Å². The number of carbonyl (C=O) groups excluding carboxylic acids is 1. The van der Waals surface area contributed by atoms with E-state index >= 15 is 0 Å². The highest BCUT2D eigenvalue weighted by Crippen LogP contribution is 2.20. The highest BCUT2D eigenvalue weighted by molar-refractivity contribution is 6.14. The summed E-state index contributed by atoms with van der Waals surface area (Å²) in [5, 5.41) is 2.28. The van der Waals surface area contributed by atoms with Gasteiger partial charge in [-0.05, 0) is 28.5 Å². The van der Waals surface area contributed by atoms with E-state index in [0.717, 1.165) is 16.3 Å². The molecule has 0 radical (unpaired) electrons. The van der Waals surface area contributed by atoms with Crippen LogP contribution in [-0.4, -0.2) is 10.4 Å². The van der Waals surface area contributed by atoms with Gasteiger partial charge in [-0.25, -0.2) is 0 Å². The van der Waals surface area contributed by atoms with Crippen molar-refractivity contribution in [2.75, 3.05) is 0 Å². The molecule has 3 aromatic rings. The molecule has 4 heteroatoms. The van der Waals surface area contributed by atoms with Crippen molar-refractivity contribution in [2.24, 2.45) is 0 Å². The van der Waals surface area contributed by atoms with Gasteiger partial charge in [0.1, 0.15) is 0 Å². The van der Waals surface area contributed by atoms with Crippen LogP contribution < -0.4 is 5.43 Å². The van der Waals surface area contributed by atoms with E-state index in [2.05, 4.69) is 23.6 Å². The van der Waals surface area contributed by atoms with Gasteiger partial charge in [0, 0.05) is 17.3 Å². The van der Waals surface area contributed by atoms with Crippen LogP contribution in [0.5, 0.6) is 0 Å². The van der Waals surface area contributed by atoms with Crippen LogP contribution in [0.2, 0.25) is 0 Å². The van der Waals surface area contributed by atoms with Gasteiger partial charge in [-0.3, -0.25) is 10.2 Å². The predicted molar refractivity (Wildman–Crippen MR) is 89.3 cm³/mol. The molecule has 0 heterocycles. The van der Waals surface area contributed by atoms with Crippen molar-refractivity contribution in [1.82, 2.24) is 9.95 Å². The van der Waals surface area contributed by atoms with Crippen LogP contribution >= 0.6 is 11.8 Å². The lowest BCUT2D eigenvalue weighted by molar-refractivity contribution is 0.0878. The molecule has 110 valence electrons. The normalized spacial score (nSPS) is 10.8. The fraction of sp³-hybridized carbons (Fsp3) is 0.0556. The van der Waals surface area contributed by atoms with Gasteiger partial charge in [-0.1, -0.05) is 60.7 Å². The van der Waals surface area contributed by atoms with Crippen LogP contribution in [-0.2, 0) is 6.54 Å². The molecule has 1 amide bonds. The third-order valence-electron chi connectivity index (χ3n) is 3.45. The number of amides is 1. The molecule has 3 rings (SSSR count). The van der Waals surface area contributed by atoms with Crippen molar-refractivity contribution in [2.45, 2.75) is 6.54 Å². The first-order valence-corrected chi connectivity index (χ1v) is 7.34. The number of hydrogen-bond donors (Lipinski definition) is 1. The van der Waals surface area contributed by atoms with Gasteiger partial charge in [-0.2, -0.15) is 0 Å². The summed E-state index contributed by atoms with van der Waals surface area (Å²) in [5.74, 6) is -0.226. The first kappa shape index (κ1) is 14.6. The number of nitrogens with one attached hydrogen (secondary N) is 1. The Morgan fingerprint density at radius 2 is 1.59 bits per heavy atom. The molecule has 0 aliphatic rings. The Bertz CT molecular complexity index is 784. The Kier molecular flexibility index (Phi) is 4.37. The van der Waals surface area contributed by atoms with Crippen LogP contribution in [0, 0.1) is 0 Å². The number of benzene rings is 3. The molecule has 0 spiro atoms. The first-order chi connectivity index (χ1) is 10.7. The lowest BCUT2D eigenvalue weighted by Crippen LogP contribution is -2.35. The molecule has 0 bridgehead atoms. The minimum absolute atomic E-state index is 0.226. The molecule has 0 unspecified atom stereocenters. The second kappa shape index (κ2) is 6.60. The summed E-state index contributed by atoms with van der Waals surface area (Å²) < 4.78 is 1.29. The molecule has 22 heavy (non-hydrogen) atoms. The Labute approximate surface area is 134 Å². The van der Waals surface area contributed by atoms with Gasteiger partial charge < -0.3 is 0 Å². The fourth-order valence-corrected chi connectivity index (χ4v) is 2.59. The summed E-state index contributed by atoms with van der Waals surface area (Å²) in [6.45, 7) is 0.418. The lowest BCUT2D eigenvalue weighted by Gasteiger charge is -2.16. The SMILES string of the molecule is O=C(NN(Cl)Cc1cccc2ccccc12)c1ccccc1. The average molecular weight is 311 g/mol.